The summed E-state index contributed by atoms with van der Waals surface area (Å²) in [5.41, 5.74) is 7.74. The number of hydrogen-bond acceptors (Lipinski definition) is 7. The fraction of sp³-hybridized carbons (Fsp3) is 0.345. The van der Waals surface area contributed by atoms with Crippen molar-refractivity contribution >= 4 is 34.9 Å². The lowest BCUT2D eigenvalue weighted by Crippen LogP contribution is -2.22. The van der Waals surface area contributed by atoms with Gasteiger partial charge in [0.15, 0.2) is 0 Å². The summed E-state index contributed by atoms with van der Waals surface area (Å²) in [4.78, 5) is 11.9. The minimum Gasteiger partial charge on any atom is -0.490 e. The number of benzene rings is 3. The van der Waals surface area contributed by atoms with E-state index in [9.17, 15) is 9.90 Å². The van der Waals surface area contributed by atoms with Gasteiger partial charge < -0.3 is 30.4 Å². The van der Waals surface area contributed by atoms with E-state index < -0.39 is 6.10 Å². The van der Waals surface area contributed by atoms with Crippen LogP contribution in [0.5, 0.6) is 11.5 Å². The van der Waals surface area contributed by atoms with Crippen LogP contribution in [0.15, 0.2) is 66.7 Å². The van der Waals surface area contributed by atoms with Gasteiger partial charge in [0.1, 0.15) is 31.3 Å². The maximum atomic E-state index is 11.9. The average molecular weight is 562 g/mol. The molecule has 0 aliphatic heterocycles. The fourth-order valence-electron chi connectivity index (χ4n) is 3.61. The molecule has 0 fully saturated rings. The van der Waals surface area contributed by atoms with E-state index in [4.69, 9.17) is 43.1 Å². The van der Waals surface area contributed by atoms with Crippen LogP contribution in [0.1, 0.15) is 42.9 Å². The van der Waals surface area contributed by atoms with Crippen LogP contribution in [-0.4, -0.2) is 37.4 Å². The highest BCUT2D eigenvalue weighted by atomic mass is 35.5. The van der Waals surface area contributed by atoms with Crippen molar-refractivity contribution in [2.24, 2.45) is 0 Å². The van der Waals surface area contributed by atoms with Crippen LogP contribution < -0.4 is 20.5 Å². The summed E-state index contributed by atoms with van der Waals surface area (Å²) in [6.07, 6.45) is 2.09. The molecule has 0 radical (unpaired) electrons. The first-order valence-corrected chi connectivity index (χ1v) is 13.4. The fourth-order valence-corrected chi connectivity index (χ4v) is 4.11. The molecule has 0 aromatic heterocycles. The summed E-state index contributed by atoms with van der Waals surface area (Å²) in [6.45, 7) is 2.07. The molecule has 38 heavy (non-hydrogen) atoms. The number of rotatable bonds is 16. The first-order chi connectivity index (χ1) is 18.4. The number of nitrogens with two attached hydrogens (primary N) is 1. The van der Waals surface area contributed by atoms with E-state index in [1.165, 1.54) is 0 Å². The maximum absolute atomic E-state index is 11.9. The van der Waals surface area contributed by atoms with E-state index in [1.54, 1.807) is 12.1 Å². The second kappa shape index (κ2) is 16.1. The Morgan fingerprint density at radius 1 is 0.895 bits per heavy atom. The number of ether oxygens (including phenoxy) is 3. The topological polar surface area (TPSA) is 103 Å². The van der Waals surface area contributed by atoms with Crippen LogP contribution in [-0.2, 0) is 16.1 Å². The molecule has 3 rings (SSSR count). The number of nitrogen functional groups attached to an aromatic ring is 1. The Kier molecular flexibility index (Phi) is 12.5. The largest absolute Gasteiger partial charge is 0.490 e. The Hall–Kier alpha value is -2.97. The van der Waals surface area contributed by atoms with Gasteiger partial charge in [-0.2, -0.15) is 0 Å². The summed E-state index contributed by atoms with van der Waals surface area (Å²) in [7, 11) is 0. The van der Waals surface area contributed by atoms with Gasteiger partial charge in [-0.1, -0.05) is 60.0 Å². The molecule has 0 amide bonds. The molecule has 0 aliphatic carbocycles. The zero-order valence-corrected chi connectivity index (χ0v) is 22.7. The van der Waals surface area contributed by atoms with Gasteiger partial charge in [0.2, 0.25) is 0 Å². The summed E-state index contributed by atoms with van der Waals surface area (Å²) in [5, 5.41) is 14.1. The van der Waals surface area contributed by atoms with Crippen molar-refractivity contribution in [2.75, 3.05) is 32.0 Å². The first kappa shape index (κ1) is 29.6. The zero-order valence-electron chi connectivity index (χ0n) is 21.2. The third-order valence-corrected chi connectivity index (χ3v) is 6.37. The quantitative estimate of drug-likeness (QED) is 0.113. The first-order valence-electron chi connectivity index (χ1n) is 12.6. The van der Waals surface area contributed by atoms with Crippen molar-refractivity contribution in [2.45, 2.75) is 38.4 Å². The van der Waals surface area contributed by atoms with Gasteiger partial charge in [0, 0.05) is 13.0 Å². The second-order valence-corrected chi connectivity index (χ2v) is 9.56. The predicted molar refractivity (Wildman–Crippen MR) is 151 cm³/mol. The molecule has 4 N–H and O–H groups in total. The Bertz CT molecular complexity index is 1110. The van der Waals surface area contributed by atoms with Gasteiger partial charge in [-0.05, 0) is 66.9 Å². The number of unbranched alkanes of at least 4 members (excludes halogenated alkanes) is 2. The smallest absolute Gasteiger partial charge is 0.305 e. The Balaban J connectivity index is 1.18. The number of anilines is 1. The van der Waals surface area contributed by atoms with Crippen molar-refractivity contribution in [3.63, 3.8) is 0 Å². The van der Waals surface area contributed by atoms with E-state index >= 15 is 0 Å². The van der Waals surface area contributed by atoms with E-state index in [0.717, 1.165) is 30.6 Å². The lowest BCUT2D eigenvalue weighted by Gasteiger charge is -2.14. The van der Waals surface area contributed by atoms with Gasteiger partial charge in [-0.25, -0.2) is 0 Å². The third kappa shape index (κ3) is 10.4. The average Bonchev–Trinajstić information content (AvgIpc) is 2.93. The van der Waals surface area contributed by atoms with Crippen molar-refractivity contribution in [1.82, 2.24) is 5.32 Å². The minimum atomic E-state index is -0.742. The molecular weight excluding hydrogens is 527 g/mol. The van der Waals surface area contributed by atoms with Crippen molar-refractivity contribution in [3.8, 4) is 11.5 Å². The molecule has 204 valence electrons. The molecule has 0 heterocycles. The minimum absolute atomic E-state index is 0.198. The Morgan fingerprint density at radius 3 is 2.24 bits per heavy atom. The monoisotopic (exact) mass is 560 g/mol. The van der Waals surface area contributed by atoms with E-state index in [0.29, 0.717) is 53.2 Å². The Morgan fingerprint density at radius 2 is 1.55 bits per heavy atom. The van der Waals surface area contributed by atoms with Gasteiger partial charge in [0.25, 0.3) is 0 Å². The second-order valence-electron chi connectivity index (χ2n) is 8.74. The normalized spacial score (nSPS) is 11.7. The van der Waals surface area contributed by atoms with Crippen LogP contribution in [0.25, 0.3) is 0 Å². The van der Waals surface area contributed by atoms with E-state index in [-0.39, 0.29) is 19.2 Å². The van der Waals surface area contributed by atoms with E-state index in [2.05, 4.69) is 5.32 Å². The lowest BCUT2D eigenvalue weighted by atomic mass is 10.1. The van der Waals surface area contributed by atoms with Crippen LogP contribution in [0.2, 0.25) is 10.0 Å². The van der Waals surface area contributed by atoms with E-state index in [1.807, 2.05) is 54.6 Å². The highest BCUT2D eigenvalue weighted by Gasteiger charge is 2.12. The predicted octanol–water partition coefficient (Wildman–Crippen LogP) is 5.96. The van der Waals surface area contributed by atoms with Gasteiger partial charge in [-0.15, -0.1) is 0 Å². The lowest BCUT2D eigenvalue weighted by molar-refractivity contribution is -0.144. The van der Waals surface area contributed by atoms with Gasteiger partial charge in [-0.3, -0.25) is 4.79 Å². The molecule has 0 bridgehead atoms. The summed E-state index contributed by atoms with van der Waals surface area (Å²) < 4.78 is 16.6. The van der Waals surface area contributed by atoms with Crippen molar-refractivity contribution in [3.05, 3.63) is 87.9 Å². The number of halogens is 2. The summed E-state index contributed by atoms with van der Waals surface area (Å²) >= 11 is 12.0. The van der Waals surface area contributed by atoms with Crippen LogP contribution >= 0.6 is 23.2 Å². The molecule has 3 aromatic rings. The maximum Gasteiger partial charge on any atom is 0.305 e. The number of carbonyl (C=O) groups excluding carboxylic acids is 1. The summed E-state index contributed by atoms with van der Waals surface area (Å²) in [6, 6.07) is 20.6. The van der Waals surface area contributed by atoms with Gasteiger partial charge in [0.05, 0.1) is 21.8 Å². The number of esters is 1. The van der Waals surface area contributed by atoms with Crippen LogP contribution in [0, 0.1) is 0 Å². The van der Waals surface area contributed by atoms with Crippen molar-refractivity contribution < 1.29 is 24.1 Å². The number of nitrogens with one attached hydrogen (secondary N) is 1. The molecule has 7 nitrogen and oxygen atoms in total. The molecule has 0 aliphatic rings. The number of carbonyl (C=O) groups is 1. The summed E-state index contributed by atoms with van der Waals surface area (Å²) in [5.74, 6) is 1.21. The number of aliphatic hydroxyl groups excluding tert-OH is 1. The van der Waals surface area contributed by atoms with Crippen LogP contribution in [0.3, 0.4) is 0 Å². The molecular formula is C29H34Cl2N2O5. The molecule has 0 spiro atoms. The molecule has 0 saturated carbocycles. The Labute approximate surface area is 233 Å². The standard InChI is InChI=1S/C29H34Cl2N2O5/c30-25-17-22(18-26(31)29(25)32)27(34)19-33-14-6-2-5-9-28(35)37-16-15-36-23-10-12-24(13-11-23)38-20-21-7-3-1-4-8-21/h1,3-4,7-8,10-13,17-18,27,33-34H,2,5-6,9,14-16,19-20,32H2. The SMILES string of the molecule is Nc1c(Cl)cc(C(O)CNCCCCCC(=O)OCCOc2ccc(OCc3ccccc3)cc2)cc1Cl. The number of aliphatic hydroxyl groups is 1. The zero-order chi connectivity index (χ0) is 27.2. The van der Waals surface area contributed by atoms with Crippen LogP contribution in [0.4, 0.5) is 5.69 Å². The molecule has 3 aromatic carbocycles. The highest BCUT2D eigenvalue weighted by Crippen LogP contribution is 2.31. The van der Waals surface area contributed by atoms with Gasteiger partial charge >= 0.3 is 5.97 Å². The molecule has 1 atom stereocenters. The molecule has 0 saturated heterocycles. The molecule has 1 unspecified atom stereocenters. The third-order valence-electron chi connectivity index (χ3n) is 5.75. The number of hydrogen-bond donors (Lipinski definition) is 3. The molecule has 9 heteroatoms. The van der Waals surface area contributed by atoms with Crippen molar-refractivity contribution in [1.29, 1.82) is 0 Å². The highest BCUT2D eigenvalue weighted by molar-refractivity contribution is 6.38.